The Hall–Kier alpha value is -2.14. The highest BCUT2D eigenvalue weighted by atomic mass is 79.9. The minimum Gasteiger partial charge on any atom is -0.353 e. The molecule has 2 aliphatic rings. The maximum Gasteiger partial charge on any atom is 0.265 e. The molecule has 3 aromatic rings. The standard InChI is InChI=1S/C23H21BrF2N2O4S/c24-19-14-7-8-17(29)28(20-15(25)4-3-5-16(20)26)23(14)33-21(19)22(30)27-10-9-13(12-27)32-18-6-1-2-11-31-18/h3-5,7-8,13,18H,1-2,6,9-12H2/t13-,18?/m0/s1. The zero-order valence-corrected chi connectivity index (χ0v) is 20.0. The molecule has 6 nitrogen and oxygen atoms in total. The quantitative estimate of drug-likeness (QED) is 0.476. The molecule has 2 saturated heterocycles. The van der Waals surface area contributed by atoms with Crippen LogP contribution in [0.5, 0.6) is 0 Å². The van der Waals surface area contributed by atoms with E-state index in [1.165, 1.54) is 12.1 Å². The summed E-state index contributed by atoms with van der Waals surface area (Å²) in [4.78, 5) is 28.3. The van der Waals surface area contributed by atoms with Gasteiger partial charge in [0.15, 0.2) is 6.29 Å². The van der Waals surface area contributed by atoms with Gasteiger partial charge in [-0.3, -0.25) is 14.2 Å². The molecule has 0 radical (unpaired) electrons. The molecule has 4 heterocycles. The van der Waals surface area contributed by atoms with Gasteiger partial charge < -0.3 is 14.4 Å². The van der Waals surface area contributed by atoms with Crippen molar-refractivity contribution < 1.29 is 23.0 Å². The Morgan fingerprint density at radius 3 is 2.67 bits per heavy atom. The Morgan fingerprint density at radius 1 is 1.15 bits per heavy atom. The SMILES string of the molecule is O=C(c1sc2c(ccc(=O)n2-c2c(F)cccc2F)c1Br)N1CC[C@H](OC2CCCCO2)C1. The van der Waals surface area contributed by atoms with E-state index in [1.807, 2.05) is 0 Å². The van der Waals surface area contributed by atoms with Crippen LogP contribution in [-0.2, 0) is 9.47 Å². The van der Waals surface area contributed by atoms with Gasteiger partial charge in [-0.05, 0) is 59.8 Å². The summed E-state index contributed by atoms with van der Waals surface area (Å²) < 4.78 is 42.1. The van der Waals surface area contributed by atoms with E-state index in [9.17, 15) is 18.4 Å². The molecule has 2 aromatic heterocycles. The molecule has 5 rings (SSSR count). The third-order valence-corrected chi connectivity index (χ3v) is 8.22. The van der Waals surface area contributed by atoms with Crippen LogP contribution in [0.15, 0.2) is 39.6 Å². The van der Waals surface area contributed by atoms with Crippen LogP contribution in [0, 0.1) is 11.6 Å². The number of thiophene rings is 1. The second-order valence-electron chi connectivity index (χ2n) is 8.14. The summed E-state index contributed by atoms with van der Waals surface area (Å²) in [6.07, 6.45) is 3.35. The summed E-state index contributed by atoms with van der Waals surface area (Å²) in [6, 6.07) is 6.23. The highest BCUT2D eigenvalue weighted by molar-refractivity contribution is 9.10. The Balaban J connectivity index is 1.45. The van der Waals surface area contributed by atoms with Crippen LogP contribution in [0.2, 0.25) is 0 Å². The molecule has 10 heteroatoms. The van der Waals surface area contributed by atoms with Gasteiger partial charge in [-0.1, -0.05) is 6.07 Å². The zero-order chi connectivity index (χ0) is 23.1. The highest BCUT2D eigenvalue weighted by Crippen LogP contribution is 2.38. The van der Waals surface area contributed by atoms with Gasteiger partial charge in [0.1, 0.15) is 27.0 Å². The highest BCUT2D eigenvalue weighted by Gasteiger charge is 2.32. The normalized spacial score (nSPS) is 21.1. The molecule has 1 aromatic carbocycles. The van der Waals surface area contributed by atoms with E-state index in [-0.39, 0.29) is 18.3 Å². The number of amides is 1. The van der Waals surface area contributed by atoms with Gasteiger partial charge >= 0.3 is 0 Å². The molecular weight excluding hydrogens is 518 g/mol. The van der Waals surface area contributed by atoms with Crippen LogP contribution in [0.4, 0.5) is 8.78 Å². The lowest BCUT2D eigenvalue weighted by Gasteiger charge is -2.26. The van der Waals surface area contributed by atoms with E-state index in [4.69, 9.17) is 9.47 Å². The maximum atomic E-state index is 14.5. The van der Waals surface area contributed by atoms with Crippen molar-refractivity contribution in [2.75, 3.05) is 19.7 Å². The average molecular weight is 539 g/mol. The van der Waals surface area contributed by atoms with Crippen LogP contribution >= 0.6 is 27.3 Å². The molecule has 1 unspecified atom stereocenters. The molecular formula is C23H21BrF2N2O4S. The first-order valence-electron chi connectivity index (χ1n) is 10.8. The van der Waals surface area contributed by atoms with Crippen molar-refractivity contribution in [1.82, 2.24) is 9.47 Å². The van der Waals surface area contributed by atoms with Gasteiger partial charge in [-0.25, -0.2) is 8.78 Å². The van der Waals surface area contributed by atoms with E-state index in [0.29, 0.717) is 45.7 Å². The van der Waals surface area contributed by atoms with Crippen molar-refractivity contribution in [3.8, 4) is 5.69 Å². The molecule has 33 heavy (non-hydrogen) atoms. The van der Waals surface area contributed by atoms with Crippen LogP contribution in [0.1, 0.15) is 35.4 Å². The molecule has 174 valence electrons. The van der Waals surface area contributed by atoms with E-state index in [0.717, 1.165) is 47.3 Å². The fourth-order valence-electron chi connectivity index (χ4n) is 4.30. The predicted octanol–water partition coefficient (Wildman–Crippen LogP) is 4.85. The van der Waals surface area contributed by atoms with E-state index in [2.05, 4.69) is 15.9 Å². The van der Waals surface area contributed by atoms with Gasteiger partial charge in [0.05, 0.1) is 10.6 Å². The third kappa shape index (κ3) is 4.25. The fraction of sp³-hybridized carbons (Fsp3) is 0.391. The topological polar surface area (TPSA) is 60.8 Å². The Kier molecular flexibility index (Phi) is 6.34. The molecule has 0 bridgehead atoms. The fourth-order valence-corrected chi connectivity index (χ4v) is 6.33. The molecule has 0 N–H and O–H groups in total. The molecule has 0 aliphatic carbocycles. The number of halogens is 3. The molecule has 0 spiro atoms. The van der Waals surface area contributed by atoms with Crippen LogP contribution in [0.25, 0.3) is 15.9 Å². The number of rotatable bonds is 4. The second-order valence-corrected chi connectivity index (χ2v) is 9.93. The second kappa shape index (κ2) is 9.25. The Bertz CT molecular complexity index is 1250. The summed E-state index contributed by atoms with van der Waals surface area (Å²) in [6.45, 7) is 1.67. The number of likely N-dealkylation sites (tertiary alicyclic amines) is 1. The molecule has 2 fully saturated rings. The van der Waals surface area contributed by atoms with Crippen molar-refractivity contribution >= 4 is 43.4 Å². The molecule has 2 atom stereocenters. The van der Waals surface area contributed by atoms with Gasteiger partial charge in [-0.15, -0.1) is 11.3 Å². The minimum atomic E-state index is -0.855. The maximum absolute atomic E-state index is 14.5. The van der Waals surface area contributed by atoms with Gasteiger partial charge in [0.25, 0.3) is 11.5 Å². The number of benzene rings is 1. The zero-order valence-electron chi connectivity index (χ0n) is 17.6. The van der Waals surface area contributed by atoms with Gasteiger partial charge in [0, 0.05) is 31.1 Å². The number of para-hydroxylation sites is 1. The van der Waals surface area contributed by atoms with E-state index < -0.39 is 22.9 Å². The lowest BCUT2D eigenvalue weighted by molar-refractivity contribution is -0.184. The smallest absolute Gasteiger partial charge is 0.265 e. The number of aromatic nitrogens is 1. The average Bonchev–Trinajstić information content (AvgIpc) is 3.40. The van der Waals surface area contributed by atoms with Gasteiger partial charge in [0.2, 0.25) is 0 Å². The first-order valence-corrected chi connectivity index (χ1v) is 12.4. The number of ether oxygens (including phenoxy) is 2. The summed E-state index contributed by atoms with van der Waals surface area (Å²) in [5.41, 5.74) is -1.04. The summed E-state index contributed by atoms with van der Waals surface area (Å²) >= 11 is 4.51. The largest absolute Gasteiger partial charge is 0.353 e. The molecule has 2 aliphatic heterocycles. The Labute approximate surface area is 200 Å². The minimum absolute atomic E-state index is 0.101. The predicted molar refractivity (Wildman–Crippen MR) is 124 cm³/mol. The Morgan fingerprint density at radius 2 is 1.94 bits per heavy atom. The number of hydrogen-bond acceptors (Lipinski definition) is 5. The first kappa shape index (κ1) is 22.6. The van der Waals surface area contributed by atoms with E-state index in [1.54, 1.807) is 11.0 Å². The number of pyridine rings is 1. The van der Waals surface area contributed by atoms with Gasteiger partial charge in [-0.2, -0.15) is 0 Å². The van der Waals surface area contributed by atoms with Crippen LogP contribution in [0.3, 0.4) is 0 Å². The number of fused-ring (bicyclic) bond motifs is 1. The van der Waals surface area contributed by atoms with Crippen LogP contribution in [-0.4, -0.2) is 47.5 Å². The summed E-state index contributed by atoms with van der Waals surface area (Å²) in [5.74, 6) is -1.93. The van der Waals surface area contributed by atoms with E-state index >= 15 is 0 Å². The number of nitrogens with zero attached hydrogens (tertiary/aromatic N) is 2. The first-order chi connectivity index (χ1) is 15.9. The monoisotopic (exact) mass is 538 g/mol. The molecule has 0 saturated carbocycles. The number of hydrogen-bond donors (Lipinski definition) is 0. The van der Waals surface area contributed by atoms with Crippen molar-refractivity contribution in [2.45, 2.75) is 38.1 Å². The lowest BCUT2D eigenvalue weighted by atomic mass is 10.2. The third-order valence-electron chi connectivity index (χ3n) is 5.95. The summed E-state index contributed by atoms with van der Waals surface area (Å²) in [7, 11) is 0. The van der Waals surface area contributed by atoms with Crippen molar-refractivity contribution in [3.63, 3.8) is 0 Å². The van der Waals surface area contributed by atoms with Crippen molar-refractivity contribution in [2.24, 2.45) is 0 Å². The van der Waals surface area contributed by atoms with Crippen LogP contribution < -0.4 is 5.56 Å². The number of carbonyl (C=O) groups excluding carboxylic acids is 1. The number of carbonyl (C=O) groups is 1. The lowest BCUT2D eigenvalue weighted by Crippen LogP contribution is -2.32. The van der Waals surface area contributed by atoms with Crippen molar-refractivity contribution in [1.29, 1.82) is 0 Å². The summed E-state index contributed by atoms with van der Waals surface area (Å²) in [5, 5.41) is 0.535. The molecule has 1 amide bonds. The van der Waals surface area contributed by atoms with Crippen molar-refractivity contribution in [3.05, 3.63) is 61.7 Å².